The molecule has 2 heterocycles. The number of nitrogens with zero attached hydrogens (tertiary/aromatic N) is 2. The Morgan fingerprint density at radius 3 is 2.97 bits per heavy atom. The van der Waals surface area contributed by atoms with Gasteiger partial charge in [0.25, 0.3) is 0 Å². The van der Waals surface area contributed by atoms with Gasteiger partial charge in [0, 0.05) is 24.5 Å². The molecule has 1 N–H and O–H groups in total. The summed E-state index contributed by atoms with van der Waals surface area (Å²) in [5.74, 6) is 0.825. The van der Waals surface area contributed by atoms with E-state index in [1.54, 1.807) is 23.5 Å². The first kappa shape index (κ1) is 25.2. The van der Waals surface area contributed by atoms with E-state index in [1.807, 2.05) is 41.0 Å². The van der Waals surface area contributed by atoms with Crippen molar-refractivity contribution in [2.24, 2.45) is 0 Å². The summed E-state index contributed by atoms with van der Waals surface area (Å²) in [6.45, 7) is 12.1. The molecule has 2 aromatic rings. The molecule has 1 aromatic heterocycles. The number of hydrogen-bond donors (Lipinski definition) is 1. The lowest BCUT2D eigenvalue weighted by atomic mass is 10.0. The summed E-state index contributed by atoms with van der Waals surface area (Å²) in [4.78, 5) is 18.5. The molecule has 1 aromatic carbocycles. The van der Waals surface area contributed by atoms with E-state index in [4.69, 9.17) is 9.47 Å². The molecule has 1 aliphatic heterocycles. The van der Waals surface area contributed by atoms with Crippen LogP contribution in [0.2, 0.25) is 0 Å². The standard InChI is InChI=1S/C26H34N2O4S/c1-4-11-27(16-21(29)18-31-13-5-2)17-26(30)28-12-9-25-23(10-14-33-25)24(28)19-32-22-8-6-7-20(3)15-22/h4-8,10,14-15,21,24,29H,1-2,9,11-13,16-19H2,3H3/t21-,24+/m0/s1. The third kappa shape index (κ3) is 7.27. The molecule has 33 heavy (non-hydrogen) atoms. The van der Waals surface area contributed by atoms with E-state index >= 15 is 0 Å². The maximum Gasteiger partial charge on any atom is 0.237 e. The number of aliphatic hydroxyl groups excluding tert-OH is 1. The number of hydrogen-bond acceptors (Lipinski definition) is 6. The minimum atomic E-state index is -0.692. The van der Waals surface area contributed by atoms with Crippen LogP contribution in [0.1, 0.15) is 22.0 Å². The van der Waals surface area contributed by atoms with Crippen molar-refractivity contribution in [2.45, 2.75) is 25.5 Å². The molecule has 3 rings (SSSR count). The number of aliphatic hydroxyl groups is 1. The monoisotopic (exact) mass is 470 g/mol. The second-order valence-electron chi connectivity index (χ2n) is 8.24. The number of carbonyl (C=O) groups excluding carboxylic acids is 1. The number of amides is 1. The van der Waals surface area contributed by atoms with Crippen LogP contribution < -0.4 is 4.74 Å². The molecule has 0 unspecified atom stereocenters. The van der Waals surface area contributed by atoms with Crippen LogP contribution in [-0.4, -0.2) is 72.9 Å². The normalized spacial score (nSPS) is 16.3. The molecule has 1 amide bonds. The van der Waals surface area contributed by atoms with Gasteiger partial charge in [0.1, 0.15) is 12.4 Å². The van der Waals surface area contributed by atoms with Crippen LogP contribution >= 0.6 is 11.3 Å². The molecule has 178 valence electrons. The van der Waals surface area contributed by atoms with Gasteiger partial charge in [-0.25, -0.2) is 0 Å². The van der Waals surface area contributed by atoms with Crippen LogP contribution in [0.4, 0.5) is 0 Å². The van der Waals surface area contributed by atoms with Gasteiger partial charge in [0.2, 0.25) is 5.91 Å². The summed E-state index contributed by atoms with van der Waals surface area (Å²) in [6, 6.07) is 9.92. The van der Waals surface area contributed by atoms with E-state index in [2.05, 4.69) is 24.6 Å². The van der Waals surface area contributed by atoms with Crippen LogP contribution in [0.3, 0.4) is 0 Å². The van der Waals surface area contributed by atoms with Crippen LogP contribution in [-0.2, 0) is 16.0 Å². The van der Waals surface area contributed by atoms with Crippen molar-refractivity contribution >= 4 is 17.2 Å². The third-order valence-electron chi connectivity index (χ3n) is 5.57. The Morgan fingerprint density at radius 2 is 2.21 bits per heavy atom. The Kier molecular flexibility index (Phi) is 9.69. The first-order valence-corrected chi connectivity index (χ1v) is 12.1. The minimum absolute atomic E-state index is 0.0192. The molecular formula is C26H34N2O4S. The van der Waals surface area contributed by atoms with Gasteiger partial charge < -0.3 is 19.5 Å². The predicted molar refractivity (Wildman–Crippen MR) is 133 cm³/mol. The molecule has 0 radical (unpaired) electrons. The number of thiophene rings is 1. The summed E-state index contributed by atoms with van der Waals surface area (Å²) in [5.41, 5.74) is 2.30. The average Bonchev–Trinajstić information content (AvgIpc) is 3.27. The zero-order chi connectivity index (χ0) is 23.6. The lowest BCUT2D eigenvalue weighted by Crippen LogP contribution is -2.48. The van der Waals surface area contributed by atoms with Crippen LogP contribution in [0.25, 0.3) is 0 Å². The van der Waals surface area contributed by atoms with Gasteiger partial charge >= 0.3 is 0 Å². The summed E-state index contributed by atoms with van der Waals surface area (Å²) in [7, 11) is 0. The summed E-state index contributed by atoms with van der Waals surface area (Å²) >= 11 is 1.74. The summed E-state index contributed by atoms with van der Waals surface area (Å²) in [5, 5.41) is 12.4. The second kappa shape index (κ2) is 12.7. The van der Waals surface area contributed by atoms with Crippen LogP contribution in [0.5, 0.6) is 5.75 Å². The fourth-order valence-electron chi connectivity index (χ4n) is 4.06. The highest BCUT2D eigenvalue weighted by molar-refractivity contribution is 7.10. The Balaban J connectivity index is 1.67. The Hall–Kier alpha value is -2.45. The lowest BCUT2D eigenvalue weighted by Gasteiger charge is -2.37. The fraction of sp³-hybridized carbons (Fsp3) is 0.423. The number of rotatable bonds is 13. The highest BCUT2D eigenvalue weighted by atomic mass is 32.1. The number of fused-ring (bicyclic) bond motifs is 1. The van der Waals surface area contributed by atoms with Crippen molar-refractivity contribution in [1.29, 1.82) is 0 Å². The molecule has 0 bridgehead atoms. The van der Waals surface area contributed by atoms with Gasteiger partial charge in [-0.15, -0.1) is 24.5 Å². The van der Waals surface area contributed by atoms with Gasteiger partial charge in [-0.3, -0.25) is 9.69 Å². The first-order chi connectivity index (χ1) is 16.0. The molecule has 7 heteroatoms. The van der Waals surface area contributed by atoms with E-state index in [-0.39, 0.29) is 25.1 Å². The van der Waals surface area contributed by atoms with E-state index in [0.717, 1.165) is 17.7 Å². The quantitative estimate of drug-likeness (QED) is 0.358. The zero-order valence-corrected chi connectivity index (χ0v) is 20.1. The average molecular weight is 471 g/mol. The highest BCUT2D eigenvalue weighted by Crippen LogP contribution is 2.34. The van der Waals surface area contributed by atoms with Crippen LogP contribution in [0.15, 0.2) is 61.0 Å². The van der Waals surface area contributed by atoms with Gasteiger partial charge in [-0.1, -0.05) is 24.3 Å². The second-order valence-corrected chi connectivity index (χ2v) is 9.24. The summed E-state index contributed by atoms with van der Waals surface area (Å²) in [6.07, 6.45) is 3.55. The molecule has 6 nitrogen and oxygen atoms in total. The molecular weight excluding hydrogens is 436 g/mol. The van der Waals surface area contributed by atoms with E-state index < -0.39 is 6.10 Å². The number of benzene rings is 1. The van der Waals surface area contributed by atoms with Gasteiger partial charge in [-0.05, 0) is 48.1 Å². The predicted octanol–water partition coefficient (Wildman–Crippen LogP) is 3.61. The minimum Gasteiger partial charge on any atom is -0.491 e. The lowest BCUT2D eigenvalue weighted by molar-refractivity contribution is -0.136. The van der Waals surface area contributed by atoms with Crippen molar-refractivity contribution in [2.75, 3.05) is 46.0 Å². The van der Waals surface area contributed by atoms with E-state index in [1.165, 1.54) is 10.4 Å². The number of carbonyl (C=O) groups is 1. The van der Waals surface area contributed by atoms with Crippen molar-refractivity contribution in [1.82, 2.24) is 9.80 Å². The highest BCUT2D eigenvalue weighted by Gasteiger charge is 2.33. The number of ether oxygens (including phenoxy) is 2. The van der Waals surface area contributed by atoms with E-state index in [9.17, 15) is 9.90 Å². The van der Waals surface area contributed by atoms with Gasteiger partial charge in [-0.2, -0.15) is 0 Å². The maximum absolute atomic E-state index is 13.4. The van der Waals surface area contributed by atoms with Gasteiger partial charge in [0.05, 0.1) is 31.9 Å². The first-order valence-electron chi connectivity index (χ1n) is 11.3. The molecule has 0 saturated carbocycles. The number of aryl methyl sites for hydroxylation is 1. The van der Waals surface area contributed by atoms with E-state index in [0.29, 0.717) is 32.8 Å². The zero-order valence-electron chi connectivity index (χ0n) is 19.3. The topological polar surface area (TPSA) is 62.2 Å². The molecule has 0 saturated heterocycles. The van der Waals surface area contributed by atoms with Crippen molar-refractivity contribution in [3.05, 3.63) is 77.0 Å². The molecule has 0 aliphatic carbocycles. The van der Waals surface area contributed by atoms with Gasteiger partial charge in [0.15, 0.2) is 0 Å². The molecule has 2 atom stereocenters. The Morgan fingerprint density at radius 1 is 1.36 bits per heavy atom. The van der Waals surface area contributed by atoms with Crippen molar-refractivity contribution < 1.29 is 19.4 Å². The summed E-state index contributed by atoms with van der Waals surface area (Å²) < 4.78 is 11.5. The SMILES string of the molecule is C=CCOC[C@@H](O)CN(CC=C)CC(=O)N1CCc2sccc2[C@H]1COc1cccc(C)c1. The fourth-order valence-corrected chi connectivity index (χ4v) is 4.99. The maximum atomic E-state index is 13.4. The Labute approximate surface area is 200 Å². The van der Waals surface area contributed by atoms with Crippen molar-refractivity contribution in [3.8, 4) is 5.75 Å². The molecule has 0 fully saturated rings. The van der Waals surface area contributed by atoms with Crippen LogP contribution in [0, 0.1) is 6.92 Å². The molecule has 0 spiro atoms. The largest absolute Gasteiger partial charge is 0.491 e. The van der Waals surface area contributed by atoms with Crippen molar-refractivity contribution in [3.63, 3.8) is 0 Å². The third-order valence-corrected chi connectivity index (χ3v) is 6.57. The molecule has 1 aliphatic rings. The Bertz CT molecular complexity index is 929. The smallest absolute Gasteiger partial charge is 0.237 e.